The third-order valence-electron chi connectivity index (χ3n) is 5.71. The van der Waals surface area contributed by atoms with E-state index >= 15 is 0 Å². The lowest BCUT2D eigenvalue weighted by Crippen LogP contribution is -2.43. The molecule has 4 heteroatoms. The molecule has 0 unspecified atom stereocenters. The van der Waals surface area contributed by atoms with Crippen molar-refractivity contribution in [2.24, 2.45) is 0 Å². The van der Waals surface area contributed by atoms with Gasteiger partial charge >= 0.3 is 5.97 Å². The number of ether oxygens (including phenoxy) is 1. The van der Waals surface area contributed by atoms with Crippen LogP contribution in [0.15, 0.2) is 115 Å². The fourth-order valence-electron chi connectivity index (χ4n) is 3.99. The zero-order chi connectivity index (χ0) is 23.6. The summed E-state index contributed by atoms with van der Waals surface area (Å²) >= 11 is 0. The van der Waals surface area contributed by atoms with Gasteiger partial charge in [0.25, 0.3) is 0 Å². The summed E-state index contributed by atoms with van der Waals surface area (Å²) in [5.74, 6) is -0.633. The largest absolute Gasteiger partial charge is 0.460 e. The van der Waals surface area contributed by atoms with Crippen LogP contribution in [0.4, 0.5) is 4.39 Å². The van der Waals surface area contributed by atoms with Crippen molar-refractivity contribution in [2.75, 3.05) is 0 Å². The number of nitrogens with zero attached hydrogens (tertiary/aromatic N) is 1. The Morgan fingerprint density at radius 1 is 0.676 bits per heavy atom. The fourth-order valence-corrected chi connectivity index (χ4v) is 3.99. The van der Waals surface area contributed by atoms with Crippen LogP contribution in [-0.4, -0.2) is 16.9 Å². The third-order valence-corrected chi connectivity index (χ3v) is 5.71. The van der Waals surface area contributed by atoms with Crippen LogP contribution >= 0.6 is 0 Å². The van der Waals surface area contributed by atoms with Crippen LogP contribution in [0.25, 0.3) is 0 Å². The number of halogens is 1. The van der Waals surface area contributed by atoms with E-state index in [0.717, 1.165) is 22.3 Å². The van der Waals surface area contributed by atoms with Gasteiger partial charge in [-0.3, -0.25) is 9.69 Å². The first-order valence-corrected chi connectivity index (χ1v) is 11.4. The molecule has 0 N–H and O–H groups in total. The van der Waals surface area contributed by atoms with Crippen LogP contribution in [0.5, 0.6) is 0 Å². The summed E-state index contributed by atoms with van der Waals surface area (Å²) in [7, 11) is 0. The number of hydrogen-bond donors (Lipinski definition) is 0. The molecule has 4 rings (SSSR count). The van der Waals surface area contributed by atoms with E-state index in [2.05, 4.69) is 4.90 Å². The average Bonchev–Trinajstić information content (AvgIpc) is 2.87. The molecule has 0 saturated carbocycles. The van der Waals surface area contributed by atoms with Crippen LogP contribution < -0.4 is 0 Å². The molecule has 4 aromatic rings. The Hall–Kier alpha value is -3.76. The van der Waals surface area contributed by atoms with Crippen LogP contribution in [0.2, 0.25) is 0 Å². The number of esters is 1. The maximum Gasteiger partial charge on any atom is 0.324 e. The van der Waals surface area contributed by atoms with Crippen LogP contribution in [0.1, 0.15) is 22.3 Å². The highest BCUT2D eigenvalue weighted by molar-refractivity contribution is 5.76. The minimum absolute atomic E-state index is 0.198. The van der Waals surface area contributed by atoms with E-state index in [4.69, 9.17) is 4.74 Å². The molecule has 0 aliphatic carbocycles. The Bertz CT molecular complexity index is 1120. The molecule has 0 heterocycles. The Kier molecular flexibility index (Phi) is 8.20. The number of carbonyl (C=O) groups is 1. The molecule has 172 valence electrons. The quantitative estimate of drug-likeness (QED) is 0.269. The molecule has 0 radical (unpaired) electrons. The van der Waals surface area contributed by atoms with Gasteiger partial charge in [-0.05, 0) is 40.8 Å². The molecule has 0 bridgehead atoms. The topological polar surface area (TPSA) is 29.5 Å². The fraction of sp³-hybridized carbons (Fsp3) is 0.167. The highest BCUT2D eigenvalue weighted by atomic mass is 19.1. The van der Waals surface area contributed by atoms with E-state index < -0.39 is 6.04 Å². The Balaban J connectivity index is 1.62. The van der Waals surface area contributed by atoms with Gasteiger partial charge in [0.1, 0.15) is 18.5 Å². The van der Waals surface area contributed by atoms with E-state index in [1.165, 1.54) is 12.1 Å². The molecule has 1 atom stereocenters. The maximum absolute atomic E-state index is 14.0. The maximum atomic E-state index is 14.0. The first-order valence-electron chi connectivity index (χ1n) is 11.4. The molecule has 0 saturated heterocycles. The van der Waals surface area contributed by atoms with E-state index in [1.54, 1.807) is 6.07 Å². The Labute approximate surface area is 200 Å². The van der Waals surface area contributed by atoms with E-state index in [-0.39, 0.29) is 18.4 Å². The molecule has 0 fully saturated rings. The predicted octanol–water partition coefficient (Wildman–Crippen LogP) is 6.18. The van der Waals surface area contributed by atoms with Crippen molar-refractivity contribution in [1.29, 1.82) is 0 Å². The minimum Gasteiger partial charge on any atom is -0.460 e. The highest BCUT2D eigenvalue weighted by Gasteiger charge is 2.28. The van der Waals surface area contributed by atoms with Crippen molar-refractivity contribution < 1.29 is 13.9 Å². The Morgan fingerprint density at radius 2 is 1.18 bits per heavy atom. The molecule has 0 spiro atoms. The van der Waals surface area contributed by atoms with E-state index in [0.29, 0.717) is 19.5 Å². The molecular formula is C30H28FNO2. The smallest absolute Gasteiger partial charge is 0.324 e. The molecule has 0 aliphatic rings. The third kappa shape index (κ3) is 6.87. The van der Waals surface area contributed by atoms with Gasteiger partial charge in [0.05, 0.1) is 0 Å². The van der Waals surface area contributed by atoms with Gasteiger partial charge in [-0.2, -0.15) is 0 Å². The summed E-state index contributed by atoms with van der Waals surface area (Å²) in [6.07, 6.45) is 0.352. The van der Waals surface area contributed by atoms with E-state index in [1.807, 2.05) is 97.1 Å². The first-order chi connectivity index (χ1) is 16.7. The average molecular weight is 454 g/mol. The van der Waals surface area contributed by atoms with Crippen molar-refractivity contribution in [3.63, 3.8) is 0 Å². The van der Waals surface area contributed by atoms with Gasteiger partial charge in [-0.1, -0.05) is 103 Å². The number of hydrogen-bond acceptors (Lipinski definition) is 3. The lowest BCUT2D eigenvalue weighted by Gasteiger charge is -2.31. The monoisotopic (exact) mass is 453 g/mol. The van der Waals surface area contributed by atoms with Gasteiger partial charge in [0.2, 0.25) is 0 Å². The molecule has 3 nitrogen and oxygen atoms in total. The summed E-state index contributed by atoms with van der Waals surface area (Å²) in [5, 5.41) is 0. The van der Waals surface area contributed by atoms with Crippen molar-refractivity contribution in [1.82, 2.24) is 4.90 Å². The van der Waals surface area contributed by atoms with Crippen molar-refractivity contribution >= 4 is 5.97 Å². The molecule has 0 amide bonds. The standard InChI is InChI=1S/C30H28FNO2/c31-28-18-10-17-27(19-28)20-29(30(33)34-23-26-15-8-3-9-16-26)32(21-24-11-4-1-5-12-24)22-25-13-6-2-7-14-25/h1-19,29H,20-23H2/t29-/m0/s1. The summed E-state index contributed by atoms with van der Waals surface area (Å²) in [4.78, 5) is 15.6. The summed E-state index contributed by atoms with van der Waals surface area (Å²) in [5.41, 5.74) is 3.88. The number of benzene rings is 4. The second kappa shape index (κ2) is 11.9. The lowest BCUT2D eigenvalue weighted by molar-refractivity contribution is -0.152. The highest BCUT2D eigenvalue weighted by Crippen LogP contribution is 2.19. The van der Waals surface area contributed by atoms with Crippen LogP contribution in [-0.2, 0) is 35.6 Å². The van der Waals surface area contributed by atoms with Gasteiger partial charge < -0.3 is 4.74 Å². The summed E-state index contributed by atoms with van der Waals surface area (Å²) in [6.45, 7) is 1.33. The van der Waals surface area contributed by atoms with E-state index in [9.17, 15) is 9.18 Å². The van der Waals surface area contributed by atoms with Crippen molar-refractivity contribution in [3.8, 4) is 0 Å². The Morgan fingerprint density at radius 3 is 1.71 bits per heavy atom. The SMILES string of the molecule is O=C(OCc1ccccc1)[C@H](Cc1cccc(F)c1)N(Cc1ccccc1)Cc1ccccc1. The molecule has 4 aromatic carbocycles. The number of carbonyl (C=O) groups excluding carboxylic acids is 1. The number of rotatable bonds is 10. The second-order valence-corrected chi connectivity index (χ2v) is 8.32. The van der Waals surface area contributed by atoms with Gasteiger partial charge in [0, 0.05) is 13.1 Å². The molecule has 0 aromatic heterocycles. The van der Waals surface area contributed by atoms with Crippen LogP contribution in [0, 0.1) is 5.82 Å². The molecular weight excluding hydrogens is 425 g/mol. The zero-order valence-electron chi connectivity index (χ0n) is 19.0. The summed E-state index contributed by atoms with van der Waals surface area (Å²) in [6, 6.07) is 35.6. The first kappa shape index (κ1) is 23.4. The minimum atomic E-state index is -0.578. The molecule has 0 aliphatic heterocycles. The second-order valence-electron chi connectivity index (χ2n) is 8.32. The predicted molar refractivity (Wildman–Crippen MR) is 132 cm³/mol. The summed E-state index contributed by atoms with van der Waals surface area (Å²) < 4.78 is 19.7. The van der Waals surface area contributed by atoms with Crippen LogP contribution in [0.3, 0.4) is 0 Å². The normalized spacial score (nSPS) is 11.8. The van der Waals surface area contributed by atoms with Gasteiger partial charge in [-0.25, -0.2) is 4.39 Å². The van der Waals surface area contributed by atoms with Gasteiger partial charge in [-0.15, -0.1) is 0 Å². The lowest BCUT2D eigenvalue weighted by atomic mass is 10.0. The zero-order valence-corrected chi connectivity index (χ0v) is 19.0. The van der Waals surface area contributed by atoms with Gasteiger partial charge in [0.15, 0.2) is 0 Å². The van der Waals surface area contributed by atoms with Crippen molar-refractivity contribution in [3.05, 3.63) is 143 Å². The van der Waals surface area contributed by atoms with Crippen molar-refractivity contribution in [2.45, 2.75) is 32.2 Å². The molecule has 34 heavy (non-hydrogen) atoms.